The van der Waals surface area contributed by atoms with Crippen LogP contribution in [-0.2, 0) is 4.74 Å². The van der Waals surface area contributed by atoms with Crippen LogP contribution in [0.25, 0.3) is 0 Å². The number of halogens is 2. The maximum atomic E-state index is 12.1. The van der Waals surface area contributed by atoms with E-state index in [0.29, 0.717) is 6.61 Å². The van der Waals surface area contributed by atoms with Crippen molar-refractivity contribution >= 4 is 12.4 Å². The van der Waals surface area contributed by atoms with E-state index in [1.54, 1.807) is 0 Å². The Labute approximate surface area is 53.6 Å². The highest BCUT2D eigenvalue weighted by Gasteiger charge is 2.23. The largest absolute Gasteiger partial charge is 0.377 e. The van der Waals surface area contributed by atoms with Crippen LogP contribution in [0, 0.1) is 0 Å². The molecule has 8 heavy (non-hydrogen) atoms. The van der Waals surface area contributed by atoms with E-state index in [4.69, 9.17) is 5.73 Å². The lowest BCUT2D eigenvalue weighted by Crippen LogP contribution is -2.29. The van der Waals surface area contributed by atoms with Crippen molar-refractivity contribution in [3.8, 4) is 0 Å². The Balaban J connectivity index is 0.000000490. The van der Waals surface area contributed by atoms with Crippen molar-refractivity contribution < 1.29 is 9.13 Å². The molecule has 0 aromatic carbocycles. The molecule has 4 heteroatoms. The van der Waals surface area contributed by atoms with Crippen LogP contribution in [0.1, 0.15) is 0 Å². The zero-order valence-electron chi connectivity index (χ0n) is 4.34. The van der Waals surface area contributed by atoms with Gasteiger partial charge in [-0.25, -0.2) is 4.39 Å². The second kappa shape index (κ2) is 3.22. The molecule has 0 saturated carbocycles. The Morgan fingerprint density at radius 2 is 2.12 bits per heavy atom. The molecule has 2 nitrogen and oxygen atoms in total. The van der Waals surface area contributed by atoms with Crippen molar-refractivity contribution in [2.45, 2.75) is 12.2 Å². The predicted molar refractivity (Wildman–Crippen MR) is 30.9 cm³/mol. The Morgan fingerprint density at radius 1 is 1.50 bits per heavy atom. The van der Waals surface area contributed by atoms with Gasteiger partial charge >= 0.3 is 0 Å². The number of alkyl halides is 1. The first-order valence-electron chi connectivity index (χ1n) is 2.28. The molecule has 0 aromatic heterocycles. The number of hydrogen-bond acceptors (Lipinski definition) is 2. The molecule has 0 radical (unpaired) electrons. The zero-order chi connectivity index (χ0) is 5.28. The van der Waals surface area contributed by atoms with Crippen LogP contribution < -0.4 is 5.73 Å². The number of rotatable bonds is 0. The first-order chi connectivity index (χ1) is 3.30. The maximum absolute atomic E-state index is 12.1. The fourth-order valence-corrected chi connectivity index (χ4v) is 0.545. The lowest BCUT2D eigenvalue weighted by Gasteiger charge is -1.98. The quantitative estimate of drug-likeness (QED) is 0.520. The summed E-state index contributed by atoms with van der Waals surface area (Å²) in [6.07, 6.45) is -0.931. The molecule has 1 aliphatic rings. The highest BCUT2D eigenvalue weighted by atomic mass is 35.5. The van der Waals surface area contributed by atoms with Crippen LogP contribution in [0.2, 0.25) is 0 Å². The molecule has 2 N–H and O–H groups in total. The van der Waals surface area contributed by atoms with Crippen molar-refractivity contribution in [3.05, 3.63) is 0 Å². The van der Waals surface area contributed by atoms with Crippen LogP contribution in [0.15, 0.2) is 0 Å². The first-order valence-corrected chi connectivity index (χ1v) is 2.28. The summed E-state index contributed by atoms with van der Waals surface area (Å²) in [6, 6.07) is -0.375. The minimum absolute atomic E-state index is 0. The molecule has 2 atom stereocenters. The van der Waals surface area contributed by atoms with E-state index in [2.05, 4.69) is 4.74 Å². The first kappa shape index (κ1) is 8.14. The van der Waals surface area contributed by atoms with Gasteiger partial charge in [0.05, 0.1) is 19.3 Å². The molecule has 0 aliphatic carbocycles. The lowest BCUT2D eigenvalue weighted by molar-refractivity contribution is 0.173. The molecule has 1 aliphatic heterocycles. The van der Waals surface area contributed by atoms with Gasteiger partial charge in [-0.3, -0.25) is 0 Å². The summed E-state index contributed by atoms with van der Waals surface area (Å²) in [5.74, 6) is 0. The fraction of sp³-hybridized carbons (Fsp3) is 1.00. The molecule has 0 amide bonds. The van der Waals surface area contributed by atoms with Gasteiger partial charge < -0.3 is 10.5 Å². The van der Waals surface area contributed by atoms with Gasteiger partial charge in [0.2, 0.25) is 0 Å². The third-order valence-electron chi connectivity index (χ3n) is 1.05. The normalized spacial score (nSPS) is 36.8. The minimum atomic E-state index is -0.931. The number of hydrogen-bond donors (Lipinski definition) is 1. The molecule has 50 valence electrons. The van der Waals surface area contributed by atoms with Gasteiger partial charge in [-0.1, -0.05) is 0 Å². The summed E-state index contributed by atoms with van der Waals surface area (Å²) in [7, 11) is 0. The van der Waals surface area contributed by atoms with E-state index in [1.807, 2.05) is 0 Å². The van der Waals surface area contributed by atoms with Gasteiger partial charge in [0.15, 0.2) is 0 Å². The molecular weight excluding hydrogens is 133 g/mol. The van der Waals surface area contributed by atoms with E-state index < -0.39 is 6.17 Å². The standard InChI is InChI=1S/C4H8FNO.ClH/c5-3-1-7-2-4(3)6;/h3-4H,1-2,6H2;1H/t3-,4+;/m0./s1. The summed E-state index contributed by atoms with van der Waals surface area (Å²) >= 11 is 0. The molecule has 0 bridgehead atoms. The molecule has 1 saturated heterocycles. The van der Waals surface area contributed by atoms with Crippen LogP contribution in [0.4, 0.5) is 4.39 Å². The van der Waals surface area contributed by atoms with Gasteiger partial charge in [-0.05, 0) is 0 Å². The van der Waals surface area contributed by atoms with Crippen LogP contribution >= 0.6 is 12.4 Å². The summed E-state index contributed by atoms with van der Waals surface area (Å²) in [4.78, 5) is 0. The Morgan fingerprint density at radius 3 is 2.25 bits per heavy atom. The molecule has 1 fully saturated rings. The Kier molecular flexibility index (Phi) is 3.28. The average Bonchev–Trinajstić information content (AvgIpc) is 1.91. The SMILES string of the molecule is Cl.N[C@@H]1COC[C@@H]1F. The second-order valence-corrected chi connectivity index (χ2v) is 1.72. The van der Waals surface area contributed by atoms with Crippen LogP contribution in [0.3, 0.4) is 0 Å². The average molecular weight is 142 g/mol. The van der Waals surface area contributed by atoms with Gasteiger partial charge in [-0.15, -0.1) is 12.4 Å². The zero-order valence-corrected chi connectivity index (χ0v) is 5.16. The van der Waals surface area contributed by atoms with Crippen molar-refractivity contribution in [1.29, 1.82) is 0 Å². The van der Waals surface area contributed by atoms with E-state index in [-0.39, 0.29) is 25.1 Å². The van der Waals surface area contributed by atoms with Gasteiger partial charge in [0, 0.05) is 0 Å². The molecule has 0 spiro atoms. The summed E-state index contributed by atoms with van der Waals surface area (Å²) in [5.41, 5.74) is 5.18. The van der Waals surface area contributed by atoms with Gasteiger partial charge in [0.25, 0.3) is 0 Å². The Hall–Kier alpha value is 0.140. The van der Waals surface area contributed by atoms with Crippen LogP contribution in [-0.4, -0.2) is 25.4 Å². The maximum Gasteiger partial charge on any atom is 0.141 e. The minimum Gasteiger partial charge on any atom is -0.377 e. The number of nitrogens with two attached hydrogens (primary N) is 1. The predicted octanol–water partition coefficient (Wildman–Crippen LogP) is 0.104. The molecular formula is C4H9ClFNO. The molecule has 1 rings (SSSR count). The van der Waals surface area contributed by atoms with Crippen molar-refractivity contribution in [2.75, 3.05) is 13.2 Å². The third kappa shape index (κ3) is 1.58. The molecule has 1 heterocycles. The van der Waals surface area contributed by atoms with Gasteiger partial charge in [-0.2, -0.15) is 0 Å². The highest BCUT2D eigenvalue weighted by molar-refractivity contribution is 5.85. The second-order valence-electron chi connectivity index (χ2n) is 1.72. The van der Waals surface area contributed by atoms with Crippen molar-refractivity contribution in [3.63, 3.8) is 0 Å². The lowest BCUT2D eigenvalue weighted by atomic mass is 10.3. The van der Waals surface area contributed by atoms with Crippen molar-refractivity contribution in [1.82, 2.24) is 0 Å². The number of ether oxygens (including phenoxy) is 1. The third-order valence-corrected chi connectivity index (χ3v) is 1.05. The van der Waals surface area contributed by atoms with E-state index in [9.17, 15) is 4.39 Å². The van der Waals surface area contributed by atoms with E-state index in [1.165, 1.54) is 0 Å². The summed E-state index contributed by atoms with van der Waals surface area (Å²) < 4.78 is 16.7. The monoisotopic (exact) mass is 141 g/mol. The molecule has 0 unspecified atom stereocenters. The van der Waals surface area contributed by atoms with Gasteiger partial charge in [0.1, 0.15) is 6.17 Å². The topological polar surface area (TPSA) is 35.2 Å². The Bertz CT molecular complexity index is 65.1. The van der Waals surface area contributed by atoms with Crippen molar-refractivity contribution in [2.24, 2.45) is 5.73 Å². The van der Waals surface area contributed by atoms with E-state index >= 15 is 0 Å². The fourth-order valence-electron chi connectivity index (χ4n) is 0.545. The summed E-state index contributed by atoms with van der Waals surface area (Å²) in [6.45, 7) is 0.558. The highest BCUT2D eigenvalue weighted by Crippen LogP contribution is 2.05. The van der Waals surface area contributed by atoms with E-state index in [0.717, 1.165) is 0 Å². The molecule has 0 aromatic rings. The summed E-state index contributed by atoms with van der Waals surface area (Å²) in [5, 5.41) is 0. The smallest absolute Gasteiger partial charge is 0.141 e. The van der Waals surface area contributed by atoms with Crippen LogP contribution in [0.5, 0.6) is 0 Å².